The number of hydrogen-bond donors (Lipinski definition) is 1. The second-order valence-electron chi connectivity index (χ2n) is 10.1. The van der Waals surface area contributed by atoms with Crippen LogP contribution in [0.5, 0.6) is 0 Å². The van der Waals surface area contributed by atoms with Crippen LogP contribution in [0.15, 0.2) is 71.7 Å². The molecule has 41 heavy (non-hydrogen) atoms. The molecule has 0 aliphatic carbocycles. The van der Waals surface area contributed by atoms with Gasteiger partial charge in [0.2, 0.25) is 0 Å². The Labute approximate surface area is 255 Å². The van der Waals surface area contributed by atoms with Gasteiger partial charge < -0.3 is 14.8 Å². The summed E-state index contributed by atoms with van der Waals surface area (Å²) in [5.74, 6) is -0.245. The Kier molecular flexibility index (Phi) is 7.57. The van der Waals surface area contributed by atoms with Crippen molar-refractivity contribution in [2.75, 3.05) is 26.0 Å². The summed E-state index contributed by atoms with van der Waals surface area (Å²) in [6.07, 6.45) is 4.62. The Morgan fingerprint density at radius 2 is 1.73 bits per heavy atom. The van der Waals surface area contributed by atoms with Crippen molar-refractivity contribution in [1.82, 2.24) is 14.0 Å². The smallest absolute Gasteiger partial charge is 0.269 e. The van der Waals surface area contributed by atoms with Crippen LogP contribution in [0.1, 0.15) is 17.5 Å². The number of fused-ring (bicyclic) bond motifs is 2. The lowest BCUT2D eigenvalue weighted by Gasteiger charge is -2.09. The highest BCUT2D eigenvalue weighted by atomic mass is 35.5. The number of thiazole rings is 1. The summed E-state index contributed by atoms with van der Waals surface area (Å²) in [7, 11) is 3.99. The van der Waals surface area contributed by atoms with Gasteiger partial charge in [-0.1, -0.05) is 53.0 Å². The first-order valence-corrected chi connectivity index (χ1v) is 14.9. The van der Waals surface area contributed by atoms with Crippen molar-refractivity contribution in [2.45, 2.75) is 13.0 Å². The number of anilines is 1. The number of nitrogens with zero attached hydrogens (tertiary/aromatic N) is 3. The zero-order chi connectivity index (χ0) is 28.8. The number of amides is 1. The molecule has 1 N–H and O–H groups in total. The standard InChI is InChI=1S/C31H25Cl3N4O2S/c1-36(2)12-5-13-37-30(40)27(41-31(37)28-22-15-19(32)8-10-24(22)35-29(28)39)14-18-17-38(25-7-4-3-6-21(18)25)26-11-9-20(33)16-23(26)34/h3-4,6-11,14-17H,5,12-13H2,1-2H3,(H,35,39). The number of rotatable bonds is 6. The summed E-state index contributed by atoms with van der Waals surface area (Å²) in [6, 6.07) is 18.6. The van der Waals surface area contributed by atoms with Crippen molar-refractivity contribution in [3.05, 3.63) is 113 Å². The number of hydrogen-bond acceptors (Lipinski definition) is 4. The van der Waals surface area contributed by atoms with E-state index in [4.69, 9.17) is 34.8 Å². The van der Waals surface area contributed by atoms with E-state index in [1.54, 1.807) is 34.9 Å². The third kappa shape index (κ3) is 5.25. The zero-order valence-electron chi connectivity index (χ0n) is 22.2. The van der Waals surface area contributed by atoms with Gasteiger partial charge in [0.25, 0.3) is 11.5 Å². The molecule has 6 rings (SSSR count). The normalized spacial score (nSPS) is 14.8. The van der Waals surface area contributed by atoms with Crippen molar-refractivity contribution >= 4 is 80.3 Å². The maximum atomic E-state index is 13.9. The summed E-state index contributed by atoms with van der Waals surface area (Å²) < 4.78 is 4.87. The minimum atomic E-state index is -0.245. The number of nitrogens with one attached hydrogen (secondary N) is 1. The maximum Gasteiger partial charge on any atom is 0.269 e. The molecule has 1 aliphatic heterocycles. The fraction of sp³-hybridized carbons (Fsp3) is 0.161. The maximum absolute atomic E-state index is 13.9. The monoisotopic (exact) mass is 622 g/mol. The molecule has 1 aliphatic rings. The molecule has 2 aromatic heterocycles. The Hall–Kier alpha value is -3.33. The van der Waals surface area contributed by atoms with Crippen molar-refractivity contribution in [1.29, 1.82) is 0 Å². The molecule has 5 aromatic rings. The first kappa shape index (κ1) is 27.8. The van der Waals surface area contributed by atoms with E-state index < -0.39 is 0 Å². The molecule has 0 spiro atoms. The molecule has 1 amide bonds. The van der Waals surface area contributed by atoms with E-state index in [0.29, 0.717) is 47.6 Å². The Balaban J connectivity index is 1.59. The quantitative estimate of drug-likeness (QED) is 0.262. The SMILES string of the molecule is CN(C)CCCn1c(=C2C(=O)Nc3ccc(Cl)cc32)sc(=Cc2cn(-c3ccc(Cl)cc3Cl)c3ccccc23)c1=O. The van der Waals surface area contributed by atoms with E-state index in [-0.39, 0.29) is 11.5 Å². The average molecular weight is 624 g/mol. The molecule has 0 radical (unpaired) electrons. The molecule has 208 valence electrons. The van der Waals surface area contributed by atoms with Crippen molar-refractivity contribution in [3.63, 3.8) is 0 Å². The van der Waals surface area contributed by atoms with E-state index in [9.17, 15) is 9.59 Å². The van der Waals surface area contributed by atoms with E-state index in [1.807, 2.05) is 61.3 Å². The van der Waals surface area contributed by atoms with Crippen LogP contribution in [-0.4, -0.2) is 40.6 Å². The van der Waals surface area contributed by atoms with Gasteiger partial charge in [-0.3, -0.25) is 14.2 Å². The van der Waals surface area contributed by atoms with Crippen LogP contribution in [0.3, 0.4) is 0 Å². The van der Waals surface area contributed by atoms with E-state index in [2.05, 4.69) is 10.2 Å². The third-order valence-electron chi connectivity index (χ3n) is 7.03. The summed E-state index contributed by atoms with van der Waals surface area (Å²) in [5, 5.41) is 5.49. The molecule has 0 saturated carbocycles. The lowest BCUT2D eigenvalue weighted by molar-refractivity contribution is -0.110. The topological polar surface area (TPSA) is 59.3 Å². The number of carbonyl (C=O) groups excluding carboxylic acids is 1. The van der Waals surface area contributed by atoms with Crippen molar-refractivity contribution in [3.8, 4) is 5.69 Å². The molecule has 10 heteroatoms. The van der Waals surface area contributed by atoms with Gasteiger partial charge in [-0.2, -0.15) is 0 Å². The highest BCUT2D eigenvalue weighted by Gasteiger charge is 2.27. The van der Waals surface area contributed by atoms with Crippen molar-refractivity contribution in [2.24, 2.45) is 0 Å². The van der Waals surface area contributed by atoms with Crippen LogP contribution >= 0.6 is 46.1 Å². The Morgan fingerprint density at radius 1 is 0.976 bits per heavy atom. The molecule has 0 saturated heterocycles. The first-order chi connectivity index (χ1) is 19.7. The third-order valence-corrected chi connectivity index (χ3v) is 8.94. The predicted molar refractivity (Wildman–Crippen MR) is 170 cm³/mol. The van der Waals surface area contributed by atoms with Crippen LogP contribution < -0.4 is 20.1 Å². The summed E-state index contributed by atoms with van der Waals surface area (Å²) in [6.45, 7) is 1.28. The van der Waals surface area contributed by atoms with Crippen LogP contribution in [0, 0.1) is 0 Å². The second kappa shape index (κ2) is 11.2. The molecule has 0 bridgehead atoms. The van der Waals surface area contributed by atoms with Gasteiger partial charge in [-0.05, 0) is 75.6 Å². The number of halogens is 3. The number of benzene rings is 3. The summed E-state index contributed by atoms with van der Waals surface area (Å²) in [5.41, 5.74) is 4.30. The highest BCUT2D eigenvalue weighted by Crippen LogP contribution is 2.33. The molecular weight excluding hydrogens is 599 g/mol. The number of para-hydroxylation sites is 1. The van der Waals surface area contributed by atoms with E-state index in [1.165, 1.54) is 11.3 Å². The predicted octanol–water partition coefficient (Wildman–Crippen LogP) is 5.75. The van der Waals surface area contributed by atoms with Crippen LogP contribution in [-0.2, 0) is 11.3 Å². The molecule has 0 atom stereocenters. The Bertz CT molecular complexity index is 2020. The summed E-state index contributed by atoms with van der Waals surface area (Å²) in [4.78, 5) is 29.2. The molecular formula is C31H25Cl3N4O2S. The van der Waals surface area contributed by atoms with E-state index >= 15 is 0 Å². The van der Waals surface area contributed by atoms with Crippen molar-refractivity contribution < 1.29 is 4.79 Å². The van der Waals surface area contributed by atoms with Gasteiger partial charge in [0.05, 0.1) is 26.3 Å². The van der Waals surface area contributed by atoms with Gasteiger partial charge in [0.1, 0.15) is 4.66 Å². The van der Waals surface area contributed by atoms with Gasteiger partial charge in [0.15, 0.2) is 0 Å². The molecule has 0 unspecified atom stereocenters. The second-order valence-corrected chi connectivity index (χ2v) is 12.4. The van der Waals surface area contributed by atoms with Crippen LogP contribution in [0.2, 0.25) is 15.1 Å². The van der Waals surface area contributed by atoms with Gasteiger partial charge >= 0.3 is 0 Å². The van der Waals surface area contributed by atoms with Gasteiger partial charge in [-0.15, -0.1) is 11.3 Å². The fourth-order valence-electron chi connectivity index (χ4n) is 5.14. The number of carbonyl (C=O) groups is 1. The van der Waals surface area contributed by atoms with Gasteiger partial charge in [-0.25, -0.2) is 0 Å². The lowest BCUT2D eigenvalue weighted by atomic mass is 10.1. The zero-order valence-corrected chi connectivity index (χ0v) is 25.3. The minimum absolute atomic E-state index is 0.138. The first-order valence-electron chi connectivity index (χ1n) is 13.0. The minimum Gasteiger partial charge on any atom is -0.321 e. The molecule has 6 nitrogen and oxygen atoms in total. The fourth-order valence-corrected chi connectivity index (χ4v) is 7.00. The molecule has 3 aromatic carbocycles. The Morgan fingerprint density at radius 3 is 2.51 bits per heavy atom. The highest BCUT2D eigenvalue weighted by molar-refractivity contribution is 7.07. The summed E-state index contributed by atoms with van der Waals surface area (Å²) >= 11 is 20.3. The van der Waals surface area contributed by atoms with Crippen LogP contribution in [0.4, 0.5) is 5.69 Å². The van der Waals surface area contributed by atoms with E-state index in [0.717, 1.165) is 35.1 Å². The molecule has 3 heterocycles. The number of aromatic nitrogens is 2. The lowest BCUT2D eigenvalue weighted by Crippen LogP contribution is -2.34. The van der Waals surface area contributed by atoms with Crippen LogP contribution in [0.25, 0.3) is 28.2 Å². The van der Waals surface area contributed by atoms with Gasteiger partial charge in [0, 0.05) is 45.0 Å². The largest absolute Gasteiger partial charge is 0.321 e. The molecule has 0 fully saturated rings. The average Bonchev–Trinajstić information content (AvgIpc) is 3.55.